The third-order valence-corrected chi connectivity index (χ3v) is 3.76. The van der Waals surface area contributed by atoms with Crippen LogP contribution in [0.2, 0.25) is 0 Å². The minimum Gasteiger partial charge on any atom is -0.471 e. The van der Waals surface area contributed by atoms with Crippen molar-refractivity contribution >= 4 is 16.8 Å². The minimum absolute atomic E-state index is 0.0714. The Bertz CT molecular complexity index is 692. The van der Waals surface area contributed by atoms with Crippen molar-refractivity contribution in [3.63, 3.8) is 0 Å². The molecule has 5 nitrogen and oxygen atoms in total. The highest BCUT2D eigenvalue weighted by Gasteiger charge is 2.41. The fourth-order valence-corrected chi connectivity index (χ4v) is 2.24. The Morgan fingerprint density at radius 1 is 1.38 bits per heavy atom. The molecule has 1 aliphatic rings. The van der Waals surface area contributed by atoms with Crippen LogP contribution in [0.3, 0.4) is 0 Å². The van der Waals surface area contributed by atoms with Gasteiger partial charge in [0.2, 0.25) is 5.88 Å². The molecular formula is C16H17ClF4N4O. The highest BCUT2D eigenvalue weighted by molar-refractivity contribution is 6.70. The summed E-state index contributed by atoms with van der Waals surface area (Å²) in [6.45, 7) is -1.05. The Morgan fingerprint density at radius 2 is 2.15 bits per heavy atom. The Balaban J connectivity index is 1.89. The Labute approximate surface area is 152 Å². The number of likely N-dealkylation sites (N-methyl/N-ethyl adjacent to an activating group) is 1. The number of nitrogens with one attached hydrogen (secondary N) is 2. The van der Waals surface area contributed by atoms with Crippen molar-refractivity contribution in [3.05, 3.63) is 47.9 Å². The molecule has 142 valence electrons. The number of rotatable bonds is 8. The van der Waals surface area contributed by atoms with E-state index in [1.807, 2.05) is 6.08 Å². The number of aromatic nitrogens is 1. The molecule has 1 aromatic heterocycles. The van der Waals surface area contributed by atoms with Gasteiger partial charge in [0.15, 0.2) is 6.61 Å². The first kappa shape index (κ1) is 20.2. The smallest absolute Gasteiger partial charge is 0.340 e. The minimum atomic E-state index is -4.22. The molecular weight excluding hydrogens is 376 g/mol. The van der Waals surface area contributed by atoms with E-state index in [9.17, 15) is 17.6 Å². The Kier molecular flexibility index (Phi) is 6.98. The highest BCUT2D eigenvalue weighted by Crippen LogP contribution is 2.23. The molecule has 26 heavy (non-hydrogen) atoms. The van der Waals surface area contributed by atoms with Gasteiger partial charge in [0.05, 0.1) is 6.04 Å². The monoisotopic (exact) mass is 392 g/mol. The van der Waals surface area contributed by atoms with Crippen molar-refractivity contribution in [1.29, 1.82) is 0 Å². The summed E-state index contributed by atoms with van der Waals surface area (Å²) in [5.41, 5.74) is 1.49. The van der Waals surface area contributed by atoms with Crippen molar-refractivity contribution in [1.82, 2.24) is 15.6 Å². The molecule has 0 aromatic carbocycles. The lowest BCUT2D eigenvalue weighted by atomic mass is 10.1. The van der Waals surface area contributed by atoms with Crippen molar-refractivity contribution < 1.29 is 22.3 Å². The molecule has 2 heterocycles. The van der Waals surface area contributed by atoms with Gasteiger partial charge >= 0.3 is 12.3 Å². The number of aliphatic imine (C=N–C) groups is 1. The summed E-state index contributed by atoms with van der Waals surface area (Å²) in [7, 11) is 1.79. The third kappa shape index (κ3) is 5.43. The number of nitrogens with zero attached hydrogens (tertiary/aromatic N) is 2. The largest absolute Gasteiger partial charge is 0.471 e. The molecule has 1 unspecified atom stereocenters. The van der Waals surface area contributed by atoms with E-state index in [-0.39, 0.29) is 11.9 Å². The summed E-state index contributed by atoms with van der Waals surface area (Å²) < 4.78 is 54.3. The van der Waals surface area contributed by atoms with E-state index in [2.05, 4.69) is 25.3 Å². The van der Waals surface area contributed by atoms with Gasteiger partial charge in [-0.25, -0.2) is 18.8 Å². The van der Waals surface area contributed by atoms with Gasteiger partial charge in [0.1, 0.15) is 5.17 Å². The van der Waals surface area contributed by atoms with Crippen LogP contribution in [0.5, 0.6) is 5.88 Å². The zero-order valence-electron chi connectivity index (χ0n) is 13.7. The SMILES string of the molecule is CNC1C=CN=C(Cl)/C1=C/NCc1ccc(OCC(F)(F)C(F)F)nc1. The summed E-state index contributed by atoms with van der Waals surface area (Å²) in [6.07, 6.45) is 2.78. The summed E-state index contributed by atoms with van der Waals surface area (Å²) in [6, 6.07) is 2.85. The first-order valence-electron chi connectivity index (χ1n) is 7.58. The van der Waals surface area contributed by atoms with E-state index in [1.165, 1.54) is 12.3 Å². The van der Waals surface area contributed by atoms with Gasteiger partial charge in [-0.2, -0.15) is 8.78 Å². The maximum absolute atomic E-state index is 12.8. The number of hydrogen-bond acceptors (Lipinski definition) is 5. The summed E-state index contributed by atoms with van der Waals surface area (Å²) in [5, 5.41) is 6.49. The summed E-state index contributed by atoms with van der Waals surface area (Å²) in [4.78, 5) is 7.83. The quantitative estimate of drug-likeness (QED) is 0.667. The average molecular weight is 393 g/mol. The van der Waals surface area contributed by atoms with E-state index in [1.54, 1.807) is 25.5 Å². The van der Waals surface area contributed by atoms with Gasteiger partial charge in [-0.15, -0.1) is 0 Å². The van der Waals surface area contributed by atoms with Gasteiger partial charge < -0.3 is 15.4 Å². The highest BCUT2D eigenvalue weighted by atomic mass is 35.5. The van der Waals surface area contributed by atoms with Crippen LogP contribution in [0.4, 0.5) is 17.6 Å². The number of alkyl halides is 4. The molecule has 0 spiro atoms. The molecule has 0 aliphatic carbocycles. The Morgan fingerprint density at radius 3 is 2.77 bits per heavy atom. The van der Waals surface area contributed by atoms with E-state index >= 15 is 0 Å². The van der Waals surface area contributed by atoms with Crippen LogP contribution >= 0.6 is 11.6 Å². The lowest BCUT2D eigenvalue weighted by Crippen LogP contribution is -2.33. The zero-order valence-corrected chi connectivity index (χ0v) is 14.5. The molecule has 0 saturated heterocycles. The van der Waals surface area contributed by atoms with Gasteiger partial charge in [-0.1, -0.05) is 17.7 Å². The van der Waals surface area contributed by atoms with Crippen LogP contribution in [0.1, 0.15) is 5.56 Å². The Hall–Kier alpha value is -2.13. The second-order valence-corrected chi connectivity index (χ2v) is 5.72. The van der Waals surface area contributed by atoms with Crippen LogP contribution < -0.4 is 15.4 Å². The predicted octanol–water partition coefficient (Wildman–Crippen LogP) is 3.09. The molecule has 0 bridgehead atoms. The number of pyridine rings is 1. The fourth-order valence-electron chi connectivity index (χ4n) is 2.01. The molecule has 1 atom stereocenters. The van der Waals surface area contributed by atoms with Gasteiger partial charge in [0, 0.05) is 36.8 Å². The van der Waals surface area contributed by atoms with Crippen molar-refractivity contribution in [2.24, 2.45) is 4.99 Å². The van der Waals surface area contributed by atoms with Crippen LogP contribution in [-0.2, 0) is 6.54 Å². The van der Waals surface area contributed by atoms with Gasteiger partial charge in [0.25, 0.3) is 0 Å². The molecule has 1 aromatic rings. The molecule has 1 aliphatic heterocycles. The molecule has 0 radical (unpaired) electrons. The maximum atomic E-state index is 12.8. The number of ether oxygens (including phenoxy) is 1. The molecule has 2 N–H and O–H groups in total. The number of hydrogen-bond donors (Lipinski definition) is 2. The lowest BCUT2D eigenvalue weighted by molar-refractivity contribution is -0.148. The van der Waals surface area contributed by atoms with Crippen LogP contribution in [0.15, 0.2) is 47.4 Å². The first-order valence-corrected chi connectivity index (χ1v) is 7.96. The molecule has 10 heteroatoms. The molecule has 0 fully saturated rings. The molecule has 2 rings (SSSR count). The van der Waals surface area contributed by atoms with E-state index in [4.69, 9.17) is 11.6 Å². The molecule has 0 amide bonds. The lowest BCUT2D eigenvalue weighted by Gasteiger charge is -2.18. The predicted molar refractivity (Wildman–Crippen MR) is 90.9 cm³/mol. The van der Waals surface area contributed by atoms with Crippen LogP contribution in [0, 0.1) is 0 Å². The maximum Gasteiger partial charge on any atom is 0.340 e. The topological polar surface area (TPSA) is 58.5 Å². The van der Waals surface area contributed by atoms with Crippen molar-refractivity contribution in [3.8, 4) is 5.88 Å². The van der Waals surface area contributed by atoms with Crippen molar-refractivity contribution in [2.75, 3.05) is 13.7 Å². The first-order chi connectivity index (χ1) is 12.3. The van der Waals surface area contributed by atoms with Crippen LogP contribution in [-0.4, -0.2) is 42.2 Å². The zero-order chi connectivity index (χ0) is 19.2. The summed E-state index contributed by atoms with van der Waals surface area (Å²) in [5.74, 6) is -4.37. The fraction of sp³-hybridized carbons (Fsp3) is 0.375. The number of halogens is 5. The second-order valence-electron chi connectivity index (χ2n) is 5.36. The van der Waals surface area contributed by atoms with Gasteiger partial charge in [-0.3, -0.25) is 0 Å². The normalized spacial score (nSPS) is 19.0. The second kappa shape index (κ2) is 9.00. The van der Waals surface area contributed by atoms with Crippen LogP contribution in [0.25, 0.3) is 0 Å². The van der Waals surface area contributed by atoms with E-state index in [0.717, 1.165) is 11.1 Å². The van der Waals surface area contributed by atoms with E-state index in [0.29, 0.717) is 11.7 Å². The average Bonchev–Trinajstić information content (AvgIpc) is 2.62. The third-order valence-electron chi connectivity index (χ3n) is 3.44. The standard InChI is InChI=1S/C16H17ClF4N4O/c1-22-12-4-5-24-14(17)11(12)8-23-6-10-2-3-13(25-7-10)26-9-16(20,21)15(18)19/h2-5,7-8,12,15,22-23H,6,9H2,1H3/b11-8+. The summed E-state index contributed by atoms with van der Waals surface area (Å²) >= 11 is 6.06. The van der Waals surface area contributed by atoms with E-state index < -0.39 is 19.0 Å². The van der Waals surface area contributed by atoms with Crippen molar-refractivity contribution in [2.45, 2.75) is 24.9 Å². The molecule has 0 saturated carbocycles. The van der Waals surface area contributed by atoms with Gasteiger partial charge in [-0.05, 0) is 18.7 Å².